The second-order valence-corrected chi connectivity index (χ2v) is 8.48. The monoisotopic (exact) mass is 396 g/mol. The Kier molecular flexibility index (Phi) is 6.11. The molecular formula is C22H32N6O. The second kappa shape index (κ2) is 8.93. The molecule has 1 aliphatic carbocycles. The van der Waals surface area contributed by atoms with Gasteiger partial charge in [-0.05, 0) is 32.3 Å². The molecule has 0 atom stereocenters. The zero-order chi connectivity index (χ0) is 20.2. The van der Waals surface area contributed by atoms with E-state index in [1.807, 2.05) is 35.6 Å². The SMILES string of the molecule is Cc1cc(C)n(-c2cc(N3CCN(C(=O)CCC4CCCCC4)CC3)ncn2)n1. The van der Waals surface area contributed by atoms with Crippen molar-refractivity contribution in [3.05, 3.63) is 29.8 Å². The summed E-state index contributed by atoms with van der Waals surface area (Å²) in [5, 5.41) is 4.52. The summed E-state index contributed by atoms with van der Waals surface area (Å²) in [5.41, 5.74) is 2.03. The predicted molar refractivity (Wildman–Crippen MR) is 113 cm³/mol. The molecule has 2 aromatic heterocycles. The molecule has 0 N–H and O–H groups in total. The summed E-state index contributed by atoms with van der Waals surface area (Å²) in [4.78, 5) is 25.8. The van der Waals surface area contributed by atoms with Gasteiger partial charge in [-0.1, -0.05) is 32.1 Å². The Morgan fingerprint density at radius 3 is 2.41 bits per heavy atom. The zero-order valence-electron chi connectivity index (χ0n) is 17.7. The standard InChI is InChI=1S/C22H32N6O/c1-17-14-18(2)28(25-17)21-15-20(23-16-24-21)26-10-12-27(13-11-26)22(29)9-8-19-6-4-3-5-7-19/h14-16,19H,3-13H2,1-2H3. The smallest absolute Gasteiger partial charge is 0.222 e. The average Bonchev–Trinajstić information content (AvgIpc) is 3.11. The van der Waals surface area contributed by atoms with E-state index in [0.29, 0.717) is 12.3 Å². The highest BCUT2D eigenvalue weighted by atomic mass is 16.2. The minimum Gasteiger partial charge on any atom is -0.353 e. The van der Waals surface area contributed by atoms with Crippen LogP contribution in [0.25, 0.3) is 5.82 Å². The van der Waals surface area contributed by atoms with Crippen molar-refractivity contribution in [2.75, 3.05) is 31.1 Å². The fourth-order valence-electron chi connectivity index (χ4n) is 4.63. The molecule has 1 saturated carbocycles. The molecule has 4 rings (SSSR count). The Balaban J connectivity index is 1.32. The molecular weight excluding hydrogens is 364 g/mol. The molecule has 0 spiro atoms. The minimum absolute atomic E-state index is 0.321. The van der Waals surface area contributed by atoms with Crippen molar-refractivity contribution in [2.24, 2.45) is 5.92 Å². The van der Waals surface area contributed by atoms with Gasteiger partial charge in [0, 0.05) is 44.4 Å². The lowest BCUT2D eigenvalue weighted by Gasteiger charge is -2.35. The highest BCUT2D eigenvalue weighted by Crippen LogP contribution is 2.27. The van der Waals surface area contributed by atoms with E-state index in [0.717, 1.165) is 61.5 Å². The fraction of sp³-hybridized carbons (Fsp3) is 0.636. The van der Waals surface area contributed by atoms with Crippen LogP contribution < -0.4 is 4.90 Å². The molecule has 2 aromatic rings. The van der Waals surface area contributed by atoms with Crippen LogP contribution in [0.5, 0.6) is 0 Å². The van der Waals surface area contributed by atoms with Crippen LogP contribution in [0.15, 0.2) is 18.5 Å². The lowest BCUT2D eigenvalue weighted by atomic mass is 9.86. The van der Waals surface area contributed by atoms with Crippen LogP contribution in [-0.4, -0.2) is 56.7 Å². The quantitative estimate of drug-likeness (QED) is 0.776. The number of carbonyl (C=O) groups is 1. The van der Waals surface area contributed by atoms with Gasteiger partial charge < -0.3 is 9.80 Å². The summed E-state index contributed by atoms with van der Waals surface area (Å²) >= 11 is 0. The van der Waals surface area contributed by atoms with E-state index in [1.54, 1.807) is 6.33 Å². The molecule has 7 nitrogen and oxygen atoms in total. The number of aryl methyl sites for hydroxylation is 2. The Morgan fingerprint density at radius 1 is 1.00 bits per heavy atom. The van der Waals surface area contributed by atoms with Gasteiger partial charge >= 0.3 is 0 Å². The summed E-state index contributed by atoms with van der Waals surface area (Å²) in [6, 6.07) is 4.03. The van der Waals surface area contributed by atoms with Gasteiger partial charge in [-0.25, -0.2) is 14.6 Å². The molecule has 1 saturated heterocycles. The van der Waals surface area contributed by atoms with Gasteiger partial charge in [-0.3, -0.25) is 4.79 Å². The van der Waals surface area contributed by atoms with Crippen molar-refractivity contribution in [3.8, 4) is 5.82 Å². The Hall–Kier alpha value is -2.44. The third kappa shape index (κ3) is 4.77. The maximum atomic E-state index is 12.6. The summed E-state index contributed by atoms with van der Waals surface area (Å²) in [7, 11) is 0. The van der Waals surface area contributed by atoms with Crippen LogP contribution in [0.4, 0.5) is 5.82 Å². The van der Waals surface area contributed by atoms with Crippen LogP contribution in [-0.2, 0) is 4.79 Å². The van der Waals surface area contributed by atoms with Crippen LogP contribution in [0.3, 0.4) is 0 Å². The average molecular weight is 397 g/mol. The summed E-state index contributed by atoms with van der Waals surface area (Å²) in [5.74, 6) is 2.77. The van der Waals surface area contributed by atoms with E-state index in [4.69, 9.17) is 0 Å². The molecule has 2 aliphatic rings. The van der Waals surface area contributed by atoms with Crippen molar-refractivity contribution in [1.29, 1.82) is 0 Å². The van der Waals surface area contributed by atoms with Crippen molar-refractivity contribution in [3.63, 3.8) is 0 Å². The fourth-order valence-corrected chi connectivity index (χ4v) is 4.63. The number of aromatic nitrogens is 4. The molecule has 156 valence electrons. The third-order valence-electron chi connectivity index (χ3n) is 6.31. The highest BCUT2D eigenvalue weighted by molar-refractivity contribution is 5.76. The van der Waals surface area contributed by atoms with Crippen LogP contribution in [0, 0.1) is 19.8 Å². The first-order valence-corrected chi connectivity index (χ1v) is 11.0. The lowest BCUT2D eigenvalue weighted by molar-refractivity contribution is -0.131. The van der Waals surface area contributed by atoms with E-state index < -0.39 is 0 Å². The van der Waals surface area contributed by atoms with Gasteiger partial charge in [0.25, 0.3) is 0 Å². The summed E-state index contributed by atoms with van der Waals surface area (Å²) in [6.45, 7) is 7.16. The van der Waals surface area contributed by atoms with Crippen molar-refractivity contribution in [1.82, 2.24) is 24.6 Å². The van der Waals surface area contributed by atoms with Crippen molar-refractivity contribution in [2.45, 2.75) is 58.8 Å². The Morgan fingerprint density at radius 2 is 1.72 bits per heavy atom. The lowest BCUT2D eigenvalue weighted by Crippen LogP contribution is -2.49. The first kappa shape index (κ1) is 19.9. The third-order valence-corrected chi connectivity index (χ3v) is 6.31. The second-order valence-electron chi connectivity index (χ2n) is 8.48. The maximum absolute atomic E-state index is 12.6. The van der Waals surface area contributed by atoms with E-state index in [2.05, 4.69) is 20.0 Å². The van der Waals surface area contributed by atoms with Gasteiger partial charge in [0.1, 0.15) is 12.1 Å². The van der Waals surface area contributed by atoms with Gasteiger partial charge in [0.05, 0.1) is 5.69 Å². The molecule has 1 aliphatic heterocycles. The Bertz CT molecular complexity index is 834. The number of hydrogen-bond donors (Lipinski definition) is 0. The molecule has 1 amide bonds. The number of rotatable bonds is 5. The predicted octanol–water partition coefficient (Wildman–Crippen LogP) is 3.29. The number of nitrogens with zero attached hydrogens (tertiary/aromatic N) is 6. The molecule has 2 fully saturated rings. The number of carbonyl (C=O) groups excluding carboxylic acids is 1. The first-order valence-electron chi connectivity index (χ1n) is 11.0. The normalized spacial score (nSPS) is 18.3. The van der Waals surface area contributed by atoms with Crippen LogP contribution in [0.2, 0.25) is 0 Å². The number of piperazine rings is 1. The number of hydrogen-bond acceptors (Lipinski definition) is 5. The largest absolute Gasteiger partial charge is 0.353 e. The summed E-state index contributed by atoms with van der Waals surface area (Å²) < 4.78 is 1.85. The van der Waals surface area contributed by atoms with E-state index >= 15 is 0 Å². The summed E-state index contributed by atoms with van der Waals surface area (Å²) in [6.07, 6.45) is 10.1. The van der Waals surface area contributed by atoms with E-state index in [1.165, 1.54) is 32.1 Å². The topological polar surface area (TPSA) is 67.2 Å². The van der Waals surface area contributed by atoms with Gasteiger partial charge in [0.15, 0.2) is 5.82 Å². The van der Waals surface area contributed by atoms with E-state index in [-0.39, 0.29) is 0 Å². The maximum Gasteiger partial charge on any atom is 0.222 e. The molecule has 0 radical (unpaired) electrons. The van der Waals surface area contributed by atoms with Crippen LogP contribution >= 0.6 is 0 Å². The van der Waals surface area contributed by atoms with Crippen molar-refractivity contribution < 1.29 is 4.79 Å². The van der Waals surface area contributed by atoms with E-state index in [9.17, 15) is 4.79 Å². The molecule has 3 heterocycles. The molecule has 0 bridgehead atoms. The highest BCUT2D eigenvalue weighted by Gasteiger charge is 2.23. The zero-order valence-corrected chi connectivity index (χ0v) is 17.7. The molecule has 29 heavy (non-hydrogen) atoms. The van der Waals surface area contributed by atoms with Gasteiger partial charge in [-0.15, -0.1) is 0 Å². The van der Waals surface area contributed by atoms with Crippen molar-refractivity contribution >= 4 is 11.7 Å². The molecule has 0 unspecified atom stereocenters. The number of anilines is 1. The molecule has 0 aromatic carbocycles. The Labute approximate surface area is 173 Å². The molecule has 7 heteroatoms. The van der Waals surface area contributed by atoms with Gasteiger partial charge in [-0.2, -0.15) is 5.10 Å². The minimum atomic E-state index is 0.321. The number of amides is 1. The van der Waals surface area contributed by atoms with Crippen LogP contribution in [0.1, 0.15) is 56.3 Å². The first-order chi connectivity index (χ1) is 14.1. The van der Waals surface area contributed by atoms with Gasteiger partial charge in [0.2, 0.25) is 5.91 Å².